The van der Waals surface area contributed by atoms with Gasteiger partial charge < -0.3 is 15.2 Å². The number of carbonyl (C=O) groups is 1. The van der Waals surface area contributed by atoms with E-state index in [-0.39, 0.29) is 23.2 Å². The van der Waals surface area contributed by atoms with Gasteiger partial charge in [-0.1, -0.05) is 26.7 Å². The van der Waals surface area contributed by atoms with Crippen molar-refractivity contribution in [2.45, 2.75) is 58.9 Å². The summed E-state index contributed by atoms with van der Waals surface area (Å²) in [7, 11) is 0. The lowest BCUT2D eigenvalue weighted by molar-refractivity contribution is -0.125. The molecule has 8 heteroatoms. The Balaban J connectivity index is 1.62. The van der Waals surface area contributed by atoms with Gasteiger partial charge in [0.2, 0.25) is 11.2 Å². The summed E-state index contributed by atoms with van der Waals surface area (Å²) >= 11 is 6.06. The molecular formula is C19H29ClN6O. The van der Waals surface area contributed by atoms with Crippen molar-refractivity contribution in [3.8, 4) is 0 Å². The van der Waals surface area contributed by atoms with Gasteiger partial charge in [0.25, 0.3) is 0 Å². The van der Waals surface area contributed by atoms with E-state index in [1.807, 2.05) is 0 Å². The van der Waals surface area contributed by atoms with Crippen molar-refractivity contribution in [2.75, 3.05) is 18.0 Å². The maximum Gasteiger partial charge on any atom is 0.226 e. The number of hydrogen-bond donors (Lipinski definition) is 2. The third-order valence-electron chi connectivity index (χ3n) is 5.14. The zero-order valence-electron chi connectivity index (χ0n) is 16.3. The van der Waals surface area contributed by atoms with E-state index < -0.39 is 0 Å². The minimum atomic E-state index is -0.0435. The number of nitrogens with one attached hydrogen (secondary N) is 2. The lowest BCUT2D eigenvalue weighted by Crippen LogP contribution is -2.45. The molecule has 3 rings (SSSR count). The summed E-state index contributed by atoms with van der Waals surface area (Å²) in [6, 6.07) is 0.208. The van der Waals surface area contributed by atoms with Crippen LogP contribution in [0, 0.1) is 11.8 Å². The second-order valence-corrected chi connectivity index (χ2v) is 8.28. The van der Waals surface area contributed by atoms with Crippen LogP contribution in [0.2, 0.25) is 5.28 Å². The highest BCUT2D eigenvalue weighted by Crippen LogP contribution is 2.27. The average Bonchev–Trinajstić information content (AvgIpc) is 3.09. The van der Waals surface area contributed by atoms with E-state index in [2.05, 4.69) is 50.9 Å². The Labute approximate surface area is 165 Å². The first-order chi connectivity index (χ1) is 12.9. The number of amides is 1. The predicted molar refractivity (Wildman–Crippen MR) is 108 cm³/mol. The summed E-state index contributed by atoms with van der Waals surface area (Å²) in [5, 5.41) is 3.37. The molecule has 0 unspecified atom stereocenters. The van der Waals surface area contributed by atoms with E-state index in [1.165, 1.54) is 6.42 Å². The molecule has 1 saturated heterocycles. The van der Waals surface area contributed by atoms with E-state index in [0.29, 0.717) is 18.1 Å². The lowest BCUT2D eigenvalue weighted by atomic mass is 9.96. The first-order valence-corrected chi connectivity index (χ1v) is 10.2. The van der Waals surface area contributed by atoms with Crippen molar-refractivity contribution in [3.63, 3.8) is 0 Å². The zero-order valence-corrected chi connectivity index (χ0v) is 17.1. The topological polar surface area (TPSA) is 86.8 Å². The Hall–Kier alpha value is -1.89. The number of halogens is 1. The molecule has 0 spiro atoms. The highest BCUT2D eigenvalue weighted by atomic mass is 35.5. The fourth-order valence-electron chi connectivity index (χ4n) is 3.67. The van der Waals surface area contributed by atoms with Crippen LogP contribution in [-0.2, 0) is 4.79 Å². The second-order valence-electron chi connectivity index (χ2n) is 7.94. The number of H-pyrrole nitrogens is 1. The standard InChI is InChI=1S/C19H29ClN6O/c1-12(2)6-4-7-13(3)23-18(27)14-8-5-9-26(10-14)17-15-16(22-11-21-15)24-19(20)25-17/h11-14H,4-10H2,1-3H3,(H,23,27)(H,21,22,24,25)/t13-,14+/m0/s1. The molecular weight excluding hydrogens is 364 g/mol. The summed E-state index contributed by atoms with van der Waals surface area (Å²) in [5.74, 6) is 1.53. The SMILES string of the molecule is CC(C)CCC[C@H](C)NC(=O)[C@@H]1CCCN(c2nc(Cl)nc3nc[nH]c23)C1. The number of fused-ring (bicyclic) bond motifs is 1. The third kappa shape index (κ3) is 5.09. The molecule has 7 nitrogen and oxygen atoms in total. The molecule has 2 aromatic heterocycles. The molecule has 0 saturated carbocycles. The molecule has 2 aromatic rings. The molecule has 1 fully saturated rings. The highest BCUT2D eigenvalue weighted by Gasteiger charge is 2.28. The van der Waals surface area contributed by atoms with Gasteiger partial charge in [-0.15, -0.1) is 0 Å². The second kappa shape index (κ2) is 8.87. The Morgan fingerprint density at radius 3 is 2.96 bits per heavy atom. The summed E-state index contributed by atoms with van der Waals surface area (Å²) in [4.78, 5) is 30.6. The molecule has 1 aliphatic heterocycles. The Morgan fingerprint density at radius 1 is 1.37 bits per heavy atom. The van der Waals surface area contributed by atoms with E-state index in [4.69, 9.17) is 11.6 Å². The molecule has 3 heterocycles. The van der Waals surface area contributed by atoms with Crippen LogP contribution in [-0.4, -0.2) is 45.0 Å². The van der Waals surface area contributed by atoms with Crippen molar-refractivity contribution < 1.29 is 4.79 Å². The van der Waals surface area contributed by atoms with Gasteiger partial charge >= 0.3 is 0 Å². The van der Waals surface area contributed by atoms with Gasteiger partial charge in [0.05, 0.1) is 12.2 Å². The molecule has 0 radical (unpaired) electrons. The molecule has 27 heavy (non-hydrogen) atoms. The van der Waals surface area contributed by atoms with Crippen molar-refractivity contribution >= 4 is 34.5 Å². The number of rotatable bonds is 7. The Kier molecular flexibility index (Phi) is 6.52. The molecule has 0 aliphatic carbocycles. The van der Waals surface area contributed by atoms with Gasteiger partial charge in [0.15, 0.2) is 11.5 Å². The fourth-order valence-corrected chi connectivity index (χ4v) is 3.83. The highest BCUT2D eigenvalue weighted by molar-refractivity contribution is 6.28. The number of aromatic nitrogens is 4. The van der Waals surface area contributed by atoms with Crippen LogP contribution in [0.3, 0.4) is 0 Å². The van der Waals surface area contributed by atoms with Crippen LogP contribution in [0.1, 0.15) is 52.9 Å². The molecule has 2 N–H and O–H groups in total. The molecule has 2 atom stereocenters. The lowest BCUT2D eigenvalue weighted by Gasteiger charge is -2.33. The van der Waals surface area contributed by atoms with E-state index in [9.17, 15) is 4.79 Å². The number of carbonyl (C=O) groups excluding carboxylic acids is 1. The number of hydrogen-bond acceptors (Lipinski definition) is 5. The molecule has 1 amide bonds. The van der Waals surface area contributed by atoms with Crippen molar-refractivity contribution in [2.24, 2.45) is 11.8 Å². The minimum Gasteiger partial charge on any atom is -0.354 e. The molecule has 0 aromatic carbocycles. The van der Waals surface area contributed by atoms with Crippen LogP contribution in [0.25, 0.3) is 11.2 Å². The van der Waals surface area contributed by atoms with Crippen LogP contribution >= 0.6 is 11.6 Å². The minimum absolute atomic E-state index is 0.0435. The Morgan fingerprint density at radius 2 is 2.19 bits per heavy atom. The fraction of sp³-hybridized carbons (Fsp3) is 0.684. The number of piperidine rings is 1. The monoisotopic (exact) mass is 392 g/mol. The molecule has 0 bridgehead atoms. The zero-order chi connectivity index (χ0) is 19.4. The molecule has 1 aliphatic rings. The number of aromatic amines is 1. The normalized spacial score (nSPS) is 18.9. The van der Waals surface area contributed by atoms with Gasteiger partial charge in [0.1, 0.15) is 5.52 Å². The summed E-state index contributed by atoms with van der Waals surface area (Å²) in [5.41, 5.74) is 1.32. The van der Waals surface area contributed by atoms with Gasteiger partial charge in [-0.2, -0.15) is 9.97 Å². The predicted octanol–water partition coefficient (Wildman–Crippen LogP) is 3.55. The van der Waals surface area contributed by atoms with E-state index >= 15 is 0 Å². The smallest absolute Gasteiger partial charge is 0.226 e. The van der Waals surface area contributed by atoms with Gasteiger partial charge in [-0.3, -0.25) is 4.79 Å². The summed E-state index contributed by atoms with van der Waals surface area (Å²) in [6.45, 7) is 8.03. The first kappa shape index (κ1) is 19.9. The van der Waals surface area contributed by atoms with Gasteiger partial charge in [0, 0.05) is 19.1 Å². The van der Waals surface area contributed by atoms with Crippen molar-refractivity contribution in [3.05, 3.63) is 11.6 Å². The average molecular weight is 393 g/mol. The van der Waals surface area contributed by atoms with Gasteiger partial charge in [-0.25, -0.2) is 4.98 Å². The van der Waals surface area contributed by atoms with Crippen LogP contribution in [0.4, 0.5) is 5.82 Å². The van der Waals surface area contributed by atoms with Crippen LogP contribution < -0.4 is 10.2 Å². The maximum atomic E-state index is 12.7. The largest absolute Gasteiger partial charge is 0.354 e. The third-order valence-corrected chi connectivity index (χ3v) is 5.31. The van der Waals surface area contributed by atoms with E-state index in [1.54, 1.807) is 6.33 Å². The van der Waals surface area contributed by atoms with Gasteiger partial charge in [-0.05, 0) is 43.7 Å². The number of nitrogens with zero attached hydrogens (tertiary/aromatic N) is 4. The number of imidazole rings is 1. The molecule has 148 valence electrons. The Bertz CT molecular complexity index is 777. The van der Waals surface area contributed by atoms with Crippen LogP contribution in [0.15, 0.2) is 6.33 Å². The summed E-state index contributed by atoms with van der Waals surface area (Å²) < 4.78 is 0. The van der Waals surface area contributed by atoms with Crippen molar-refractivity contribution in [1.29, 1.82) is 0 Å². The quantitative estimate of drug-likeness (QED) is 0.703. The van der Waals surface area contributed by atoms with Crippen molar-refractivity contribution in [1.82, 2.24) is 25.3 Å². The van der Waals surface area contributed by atoms with E-state index in [0.717, 1.165) is 43.6 Å². The summed E-state index contributed by atoms with van der Waals surface area (Å²) in [6.07, 6.45) is 6.80. The maximum absolute atomic E-state index is 12.7. The first-order valence-electron chi connectivity index (χ1n) is 9.86. The number of anilines is 1. The van der Waals surface area contributed by atoms with Crippen LogP contribution in [0.5, 0.6) is 0 Å².